The van der Waals surface area contributed by atoms with E-state index in [1.165, 1.54) is 0 Å². The van der Waals surface area contributed by atoms with Crippen molar-refractivity contribution < 1.29 is 9.59 Å². The minimum absolute atomic E-state index is 0.00294. The number of hydrogen-bond acceptors (Lipinski definition) is 3. The van der Waals surface area contributed by atoms with Crippen LogP contribution in [0, 0.1) is 5.92 Å². The molecule has 5 heteroatoms. The van der Waals surface area contributed by atoms with Crippen molar-refractivity contribution in [1.29, 1.82) is 0 Å². The third-order valence-electron chi connectivity index (χ3n) is 5.11. The first-order valence-corrected chi connectivity index (χ1v) is 10.3. The molecular formula is C25H27N3O2. The molecule has 0 aliphatic heterocycles. The Balaban J connectivity index is 1.80. The molecule has 0 saturated heterocycles. The van der Waals surface area contributed by atoms with Crippen molar-refractivity contribution in [3.8, 4) is 0 Å². The molecule has 0 fully saturated rings. The van der Waals surface area contributed by atoms with Gasteiger partial charge >= 0.3 is 0 Å². The lowest BCUT2D eigenvalue weighted by Crippen LogP contribution is -2.31. The van der Waals surface area contributed by atoms with Gasteiger partial charge in [-0.2, -0.15) is 0 Å². The van der Waals surface area contributed by atoms with Crippen LogP contribution in [-0.4, -0.2) is 16.8 Å². The molecule has 1 N–H and O–H groups in total. The quantitative estimate of drug-likeness (QED) is 0.557. The maximum Gasteiger partial charge on any atom is 0.259 e. The molecule has 2 aromatic carbocycles. The van der Waals surface area contributed by atoms with Crippen molar-refractivity contribution in [3.63, 3.8) is 0 Å². The van der Waals surface area contributed by atoms with Crippen molar-refractivity contribution >= 4 is 23.3 Å². The number of nitrogens with zero attached hydrogens (tertiary/aromatic N) is 2. The molecule has 0 aliphatic rings. The second-order valence-corrected chi connectivity index (χ2v) is 7.14. The van der Waals surface area contributed by atoms with Crippen LogP contribution < -0.4 is 10.2 Å². The molecule has 1 heterocycles. The van der Waals surface area contributed by atoms with E-state index in [0.717, 1.165) is 18.4 Å². The summed E-state index contributed by atoms with van der Waals surface area (Å²) in [5.41, 5.74) is 2.25. The molecule has 0 atom stereocenters. The first-order valence-electron chi connectivity index (χ1n) is 10.3. The molecule has 154 valence electrons. The van der Waals surface area contributed by atoms with E-state index < -0.39 is 0 Å². The number of aromatic nitrogens is 1. The molecule has 0 bridgehead atoms. The highest BCUT2D eigenvalue weighted by atomic mass is 16.2. The van der Waals surface area contributed by atoms with Crippen LogP contribution >= 0.6 is 0 Å². The summed E-state index contributed by atoms with van der Waals surface area (Å²) in [6, 6.07) is 22.4. The Bertz CT molecular complexity index is 953. The fourth-order valence-electron chi connectivity index (χ4n) is 3.29. The highest BCUT2D eigenvalue weighted by Crippen LogP contribution is 2.20. The number of carbonyl (C=O) groups excluding carboxylic acids is 2. The van der Waals surface area contributed by atoms with Crippen molar-refractivity contribution in [2.75, 3.05) is 10.2 Å². The van der Waals surface area contributed by atoms with Gasteiger partial charge in [-0.15, -0.1) is 0 Å². The number of anilines is 2. The van der Waals surface area contributed by atoms with Crippen LogP contribution in [0.25, 0.3) is 0 Å². The predicted molar refractivity (Wildman–Crippen MR) is 120 cm³/mol. The maximum atomic E-state index is 13.3. The molecule has 1 aromatic heterocycles. The number of rotatable bonds is 8. The van der Waals surface area contributed by atoms with E-state index in [2.05, 4.69) is 10.3 Å². The number of pyridine rings is 1. The summed E-state index contributed by atoms with van der Waals surface area (Å²) >= 11 is 0. The van der Waals surface area contributed by atoms with Crippen LogP contribution in [0.4, 0.5) is 11.5 Å². The first kappa shape index (κ1) is 21.2. The standard InChI is InChI=1S/C25H27N3O2/c1-3-20(4-2)24(29)27-22-15-13-21(14-16-22)25(30)28(23-12-8-9-17-26-23)18-19-10-6-5-7-11-19/h5-17,20H,3-4,18H2,1-2H3,(H,27,29). The Morgan fingerprint density at radius 2 is 1.57 bits per heavy atom. The van der Waals surface area contributed by atoms with Gasteiger partial charge in [0.15, 0.2) is 0 Å². The van der Waals surface area contributed by atoms with Gasteiger partial charge in [-0.25, -0.2) is 4.98 Å². The Hall–Kier alpha value is -3.47. The van der Waals surface area contributed by atoms with Gasteiger partial charge in [-0.05, 0) is 54.8 Å². The van der Waals surface area contributed by atoms with Gasteiger partial charge in [0.2, 0.25) is 5.91 Å². The molecule has 0 aliphatic carbocycles. The summed E-state index contributed by atoms with van der Waals surface area (Å²) in [4.78, 5) is 31.6. The molecule has 3 rings (SSSR count). The van der Waals surface area contributed by atoms with Crippen LogP contribution in [0.5, 0.6) is 0 Å². The molecule has 0 unspecified atom stereocenters. The van der Waals surface area contributed by atoms with Gasteiger partial charge in [-0.1, -0.05) is 50.2 Å². The predicted octanol–water partition coefficient (Wildman–Crippen LogP) is 5.30. The summed E-state index contributed by atoms with van der Waals surface area (Å²) in [5, 5.41) is 2.93. The van der Waals surface area contributed by atoms with Crippen molar-refractivity contribution in [1.82, 2.24) is 4.98 Å². The van der Waals surface area contributed by atoms with Crippen molar-refractivity contribution in [3.05, 3.63) is 90.1 Å². The monoisotopic (exact) mass is 401 g/mol. The lowest BCUT2D eigenvalue weighted by molar-refractivity contribution is -0.120. The maximum absolute atomic E-state index is 13.3. The van der Waals surface area contributed by atoms with Crippen molar-refractivity contribution in [2.45, 2.75) is 33.2 Å². The average Bonchev–Trinajstić information content (AvgIpc) is 2.79. The van der Waals surface area contributed by atoms with Crippen LogP contribution in [0.15, 0.2) is 79.0 Å². The molecule has 0 radical (unpaired) electrons. The van der Waals surface area contributed by atoms with E-state index in [-0.39, 0.29) is 17.7 Å². The zero-order valence-electron chi connectivity index (χ0n) is 17.4. The molecule has 0 spiro atoms. The Morgan fingerprint density at radius 1 is 0.900 bits per heavy atom. The SMILES string of the molecule is CCC(CC)C(=O)Nc1ccc(C(=O)N(Cc2ccccc2)c2ccccn2)cc1. The number of benzene rings is 2. The summed E-state index contributed by atoms with van der Waals surface area (Å²) in [7, 11) is 0. The Morgan fingerprint density at radius 3 is 2.17 bits per heavy atom. The van der Waals surface area contributed by atoms with E-state index >= 15 is 0 Å². The zero-order valence-corrected chi connectivity index (χ0v) is 17.4. The second kappa shape index (κ2) is 10.3. The molecule has 5 nitrogen and oxygen atoms in total. The fourth-order valence-corrected chi connectivity index (χ4v) is 3.29. The molecule has 2 amide bonds. The minimum atomic E-state index is -0.143. The topological polar surface area (TPSA) is 62.3 Å². The number of carbonyl (C=O) groups is 2. The average molecular weight is 402 g/mol. The highest BCUT2D eigenvalue weighted by molar-refractivity contribution is 6.05. The van der Waals surface area contributed by atoms with Gasteiger partial charge in [-0.3, -0.25) is 14.5 Å². The van der Waals surface area contributed by atoms with Gasteiger partial charge in [0, 0.05) is 23.4 Å². The third-order valence-corrected chi connectivity index (χ3v) is 5.11. The van der Waals surface area contributed by atoms with Crippen LogP contribution in [-0.2, 0) is 11.3 Å². The van der Waals surface area contributed by atoms with E-state index in [9.17, 15) is 9.59 Å². The molecule has 0 saturated carbocycles. The minimum Gasteiger partial charge on any atom is -0.326 e. The van der Waals surface area contributed by atoms with E-state index in [1.807, 2.05) is 62.4 Å². The van der Waals surface area contributed by atoms with Crippen LogP contribution in [0.2, 0.25) is 0 Å². The fraction of sp³-hybridized carbons (Fsp3) is 0.240. The van der Waals surface area contributed by atoms with Gasteiger partial charge in [0.05, 0.1) is 6.54 Å². The largest absolute Gasteiger partial charge is 0.326 e. The van der Waals surface area contributed by atoms with E-state index in [4.69, 9.17) is 0 Å². The Kier molecular flexibility index (Phi) is 7.33. The zero-order chi connectivity index (χ0) is 21.3. The van der Waals surface area contributed by atoms with E-state index in [0.29, 0.717) is 23.6 Å². The lowest BCUT2D eigenvalue weighted by Gasteiger charge is -2.22. The molecular weight excluding hydrogens is 374 g/mol. The van der Waals surface area contributed by atoms with Gasteiger partial charge in [0.1, 0.15) is 5.82 Å². The summed E-state index contributed by atoms with van der Waals surface area (Å²) in [6.07, 6.45) is 3.28. The molecule has 30 heavy (non-hydrogen) atoms. The summed E-state index contributed by atoms with van der Waals surface area (Å²) < 4.78 is 0. The number of hydrogen-bond donors (Lipinski definition) is 1. The smallest absolute Gasteiger partial charge is 0.259 e. The van der Waals surface area contributed by atoms with Crippen molar-refractivity contribution in [2.24, 2.45) is 5.92 Å². The lowest BCUT2D eigenvalue weighted by atomic mass is 10.0. The van der Waals surface area contributed by atoms with E-state index in [1.54, 1.807) is 35.4 Å². The summed E-state index contributed by atoms with van der Waals surface area (Å²) in [6.45, 7) is 4.44. The highest BCUT2D eigenvalue weighted by Gasteiger charge is 2.20. The Labute approximate surface area is 177 Å². The molecule has 3 aromatic rings. The number of amides is 2. The summed E-state index contributed by atoms with van der Waals surface area (Å²) in [5.74, 6) is 0.461. The third kappa shape index (κ3) is 5.32. The van der Waals surface area contributed by atoms with Crippen LogP contribution in [0.1, 0.15) is 42.6 Å². The van der Waals surface area contributed by atoms with Gasteiger partial charge in [0.25, 0.3) is 5.91 Å². The van der Waals surface area contributed by atoms with Gasteiger partial charge < -0.3 is 5.32 Å². The number of nitrogens with one attached hydrogen (secondary N) is 1. The normalized spacial score (nSPS) is 10.6. The first-order chi connectivity index (χ1) is 14.6. The second-order valence-electron chi connectivity index (χ2n) is 7.14. The van der Waals surface area contributed by atoms with Crippen LogP contribution in [0.3, 0.4) is 0 Å².